The predicted molar refractivity (Wildman–Crippen MR) is 131 cm³/mol. The van der Waals surface area contributed by atoms with Crippen molar-refractivity contribution < 1.29 is 57.6 Å². The zero-order valence-corrected chi connectivity index (χ0v) is 22.1. The van der Waals surface area contributed by atoms with E-state index in [1.54, 1.807) is 12.1 Å². The first kappa shape index (κ1) is 32.8. The number of ether oxygens (including phenoxy) is 5. The first-order valence-corrected chi connectivity index (χ1v) is 12.3. The van der Waals surface area contributed by atoms with Gasteiger partial charge in [0.25, 0.3) is 5.09 Å². The van der Waals surface area contributed by atoms with Crippen LogP contribution >= 0.6 is 0 Å². The van der Waals surface area contributed by atoms with Gasteiger partial charge in [0.05, 0.1) is 19.8 Å². The van der Waals surface area contributed by atoms with Crippen LogP contribution in [-0.2, 0) is 43.0 Å². The summed E-state index contributed by atoms with van der Waals surface area (Å²) in [5.41, 5.74) is 0.125. The highest BCUT2D eigenvalue weighted by atomic mass is 16.9. The minimum atomic E-state index is -1.25. The molecule has 2 atom stereocenters. The molecule has 0 amide bonds. The summed E-state index contributed by atoms with van der Waals surface area (Å²) in [5, 5.41) is 9.11. The van der Waals surface area contributed by atoms with Crippen LogP contribution in [0.4, 0.5) is 0 Å². The Bertz CT molecular complexity index is 994. The Hall–Kier alpha value is -4.23. The largest absolute Gasteiger partial charge is 0.463 e. The van der Waals surface area contributed by atoms with Gasteiger partial charge in [-0.05, 0) is 58.1 Å². The summed E-state index contributed by atoms with van der Waals surface area (Å²) in [4.78, 5) is 73.5. The maximum Gasteiger partial charge on any atom is 0.347 e. The molecule has 0 radical (unpaired) electrons. The van der Waals surface area contributed by atoms with E-state index < -0.39 is 47.1 Å². The molecule has 0 aliphatic carbocycles. The van der Waals surface area contributed by atoms with Crippen LogP contribution in [0, 0.1) is 10.1 Å². The Morgan fingerprint density at radius 2 is 1.44 bits per heavy atom. The molecule has 0 heterocycles. The summed E-state index contributed by atoms with van der Waals surface area (Å²) in [7, 11) is 0. The molecule has 0 aromatic heterocycles. The number of benzene rings is 1. The number of para-hydroxylation sites is 1. The van der Waals surface area contributed by atoms with Crippen molar-refractivity contribution in [3.05, 3.63) is 39.9 Å². The summed E-state index contributed by atoms with van der Waals surface area (Å²) >= 11 is 0. The smallest absolute Gasteiger partial charge is 0.347 e. The van der Waals surface area contributed by atoms with E-state index in [1.165, 1.54) is 32.9 Å². The van der Waals surface area contributed by atoms with E-state index >= 15 is 0 Å². The van der Waals surface area contributed by atoms with Crippen LogP contribution in [0.5, 0.6) is 5.75 Å². The molecule has 1 rings (SSSR count). The molecule has 0 saturated carbocycles. The highest BCUT2D eigenvalue weighted by Crippen LogP contribution is 2.19. The molecule has 0 saturated heterocycles. The number of hydrogen-bond acceptors (Lipinski definition) is 13. The summed E-state index contributed by atoms with van der Waals surface area (Å²) in [6.45, 7) is 3.76. The van der Waals surface area contributed by atoms with Gasteiger partial charge in [0.1, 0.15) is 11.3 Å². The maximum absolute atomic E-state index is 12.2. The van der Waals surface area contributed by atoms with Crippen LogP contribution in [0.3, 0.4) is 0 Å². The number of nitrogens with zero attached hydrogens (tertiary/aromatic N) is 1. The highest BCUT2D eigenvalue weighted by Gasteiger charge is 2.25. The van der Waals surface area contributed by atoms with E-state index in [1.807, 2.05) is 0 Å². The number of esters is 5. The lowest BCUT2D eigenvalue weighted by atomic mass is 10.2. The molecule has 0 spiro atoms. The molecule has 0 bridgehead atoms. The second-order valence-electron chi connectivity index (χ2n) is 8.18. The number of carbonyl (C=O) groups is 5. The summed E-state index contributed by atoms with van der Waals surface area (Å²) in [5.74, 6) is -3.47. The molecule has 1 aromatic carbocycles. The normalized spacial score (nSPS) is 11.9. The van der Waals surface area contributed by atoms with Crippen molar-refractivity contribution in [2.45, 2.75) is 71.5 Å². The molecule has 14 heteroatoms. The van der Waals surface area contributed by atoms with Crippen molar-refractivity contribution in [2.24, 2.45) is 0 Å². The SMILES string of the molecule is CC(=O)Oc1ccccc1C(=O)OCCCCCC(=O)OC(C)C(=O)OC(C)C(=O)OCCCCO[N+](=O)[O-]. The third-order valence-electron chi connectivity index (χ3n) is 4.86. The van der Waals surface area contributed by atoms with Crippen molar-refractivity contribution in [1.82, 2.24) is 0 Å². The molecule has 39 heavy (non-hydrogen) atoms. The van der Waals surface area contributed by atoms with Gasteiger partial charge in [0.15, 0.2) is 12.2 Å². The summed E-state index contributed by atoms with van der Waals surface area (Å²) in [6.07, 6.45) is -0.436. The van der Waals surface area contributed by atoms with E-state index in [9.17, 15) is 34.1 Å². The van der Waals surface area contributed by atoms with Crippen LogP contribution in [0.1, 0.15) is 69.7 Å². The van der Waals surface area contributed by atoms with Crippen molar-refractivity contribution in [1.29, 1.82) is 0 Å². The molecule has 2 unspecified atom stereocenters. The first-order valence-electron chi connectivity index (χ1n) is 12.3. The number of hydrogen-bond donors (Lipinski definition) is 0. The van der Waals surface area contributed by atoms with Gasteiger partial charge in [-0.1, -0.05) is 12.1 Å². The lowest BCUT2D eigenvalue weighted by Gasteiger charge is -2.16. The van der Waals surface area contributed by atoms with Gasteiger partial charge in [-0.15, -0.1) is 10.1 Å². The van der Waals surface area contributed by atoms with Crippen molar-refractivity contribution in [2.75, 3.05) is 19.8 Å². The third kappa shape index (κ3) is 14.3. The molecule has 0 fully saturated rings. The molecule has 216 valence electrons. The second-order valence-corrected chi connectivity index (χ2v) is 8.18. The van der Waals surface area contributed by atoms with Gasteiger partial charge in [-0.2, -0.15) is 0 Å². The summed E-state index contributed by atoms with van der Waals surface area (Å²) in [6, 6.07) is 6.20. The monoisotopic (exact) mass is 555 g/mol. The topological polar surface area (TPSA) is 184 Å². The van der Waals surface area contributed by atoms with E-state index in [4.69, 9.17) is 23.7 Å². The van der Waals surface area contributed by atoms with Crippen LogP contribution in [0.15, 0.2) is 24.3 Å². The van der Waals surface area contributed by atoms with Crippen LogP contribution < -0.4 is 4.74 Å². The Morgan fingerprint density at radius 3 is 2.13 bits per heavy atom. The fourth-order valence-corrected chi connectivity index (χ4v) is 2.93. The van der Waals surface area contributed by atoms with E-state index in [0.717, 1.165) is 0 Å². The van der Waals surface area contributed by atoms with Gasteiger partial charge in [-0.25, -0.2) is 14.4 Å². The van der Waals surface area contributed by atoms with Gasteiger partial charge in [-0.3, -0.25) is 9.59 Å². The Labute approximate surface area is 224 Å². The van der Waals surface area contributed by atoms with Gasteiger partial charge >= 0.3 is 29.8 Å². The van der Waals surface area contributed by atoms with E-state index in [-0.39, 0.29) is 37.6 Å². The standard InChI is InChI=1S/C25H33NO13/c1-17(23(29)34-15-9-10-16-36-26(32)33)38-24(30)18(2)37-22(28)13-5-4-8-14-35-25(31)20-11-6-7-12-21(20)39-19(3)27/h6-7,11-12,17-18H,4-5,8-10,13-16H2,1-3H3. The molecule has 1 aromatic rings. The van der Waals surface area contributed by atoms with Crippen molar-refractivity contribution in [3.8, 4) is 5.75 Å². The highest BCUT2D eigenvalue weighted by molar-refractivity contribution is 5.93. The molecular formula is C25H33NO13. The van der Waals surface area contributed by atoms with Gasteiger partial charge in [0, 0.05) is 13.3 Å². The average molecular weight is 556 g/mol. The lowest BCUT2D eigenvalue weighted by molar-refractivity contribution is -0.757. The predicted octanol–water partition coefficient (Wildman–Crippen LogP) is 2.72. The van der Waals surface area contributed by atoms with E-state index in [0.29, 0.717) is 32.1 Å². The zero-order valence-electron chi connectivity index (χ0n) is 22.1. The number of rotatable bonds is 18. The van der Waals surface area contributed by atoms with Crippen LogP contribution in [0.2, 0.25) is 0 Å². The fourth-order valence-electron chi connectivity index (χ4n) is 2.93. The quantitative estimate of drug-likeness (QED) is 0.0644. The van der Waals surface area contributed by atoms with Crippen molar-refractivity contribution in [3.63, 3.8) is 0 Å². The summed E-state index contributed by atoms with van der Waals surface area (Å²) < 4.78 is 25.1. The minimum Gasteiger partial charge on any atom is -0.463 e. The van der Waals surface area contributed by atoms with Crippen LogP contribution in [0.25, 0.3) is 0 Å². The lowest BCUT2D eigenvalue weighted by Crippen LogP contribution is -2.33. The minimum absolute atomic E-state index is 0.0125. The number of unbranched alkanes of at least 4 members (excludes halogenated alkanes) is 3. The second kappa shape index (κ2) is 18.1. The van der Waals surface area contributed by atoms with Crippen molar-refractivity contribution >= 4 is 29.8 Å². The first-order chi connectivity index (χ1) is 18.5. The fraction of sp³-hybridized carbons (Fsp3) is 0.560. The Kier molecular flexibility index (Phi) is 15.2. The third-order valence-corrected chi connectivity index (χ3v) is 4.86. The average Bonchev–Trinajstić information content (AvgIpc) is 2.87. The number of carbonyl (C=O) groups excluding carboxylic acids is 5. The maximum atomic E-state index is 12.2. The Balaban J connectivity index is 2.22. The van der Waals surface area contributed by atoms with E-state index in [2.05, 4.69) is 4.84 Å². The molecule has 14 nitrogen and oxygen atoms in total. The molecule has 0 aliphatic rings. The van der Waals surface area contributed by atoms with Gasteiger partial charge < -0.3 is 28.5 Å². The zero-order chi connectivity index (χ0) is 29.2. The molecule has 0 N–H and O–H groups in total. The van der Waals surface area contributed by atoms with Crippen LogP contribution in [-0.4, -0.2) is 67.0 Å². The Morgan fingerprint density at radius 1 is 0.821 bits per heavy atom. The molecular weight excluding hydrogens is 522 g/mol. The molecule has 0 aliphatic heterocycles. The van der Waals surface area contributed by atoms with Gasteiger partial charge in [0.2, 0.25) is 0 Å².